The third-order valence-corrected chi connectivity index (χ3v) is 5.09. The first-order valence-electron chi connectivity index (χ1n) is 9.05. The molecule has 0 unspecified atom stereocenters. The van der Waals surface area contributed by atoms with E-state index < -0.39 is 0 Å². The van der Waals surface area contributed by atoms with Crippen LogP contribution in [0.3, 0.4) is 0 Å². The van der Waals surface area contributed by atoms with Crippen LogP contribution in [0.2, 0.25) is 0 Å². The van der Waals surface area contributed by atoms with E-state index in [0.717, 1.165) is 49.4 Å². The Morgan fingerprint density at radius 1 is 1.24 bits per heavy atom. The molecule has 1 aliphatic heterocycles. The van der Waals surface area contributed by atoms with Gasteiger partial charge in [-0.2, -0.15) is 0 Å². The van der Waals surface area contributed by atoms with Crippen LogP contribution in [0.25, 0.3) is 10.9 Å². The third-order valence-electron chi connectivity index (χ3n) is 5.09. The molecular weight excluding hydrogens is 312 g/mol. The Balaban J connectivity index is 1.60. The van der Waals surface area contributed by atoms with Gasteiger partial charge in [-0.15, -0.1) is 0 Å². The number of benzene rings is 1. The van der Waals surface area contributed by atoms with Gasteiger partial charge in [-0.1, -0.05) is 25.1 Å². The molecule has 0 aliphatic carbocycles. The van der Waals surface area contributed by atoms with Crippen LogP contribution < -0.4 is 5.56 Å². The van der Waals surface area contributed by atoms with Crippen LogP contribution in [-0.4, -0.2) is 26.4 Å². The molecule has 5 nitrogen and oxygen atoms in total. The van der Waals surface area contributed by atoms with E-state index in [2.05, 4.69) is 58.0 Å². The summed E-state index contributed by atoms with van der Waals surface area (Å²) in [5, 5.41) is 1.27. The van der Waals surface area contributed by atoms with Gasteiger partial charge in [-0.05, 0) is 25.0 Å². The van der Waals surface area contributed by atoms with E-state index in [-0.39, 0.29) is 5.56 Å². The molecule has 0 saturated carbocycles. The number of nitrogens with zero attached hydrogens (tertiary/aromatic N) is 2. The number of hydrogen-bond donors (Lipinski definition) is 2. The molecule has 130 valence electrons. The van der Waals surface area contributed by atoms with Gasteiger partial charge >= 0.3 is 0 Å². The van der Waals surface area contributed by atoms with E-state index in [4.69, 9.17) is 0 Å². The molecule has 3 heterocycles. The number of aromatic amines is 2. The van der Waals surface area contributed by atoms with Gasteiger partial charge in [0.25, 0.3) is 5.56 Å². The van der Waals surface area contributed by atoms with Crippen molar-refractivity contribution in [1.29, 1.82) is 0 Å². The Kier molecular flexibility index (Phi) is 4.17. The Labute approximate surface area is 147 Å². The van der Waals surface area contributed by atoms with E-state index in [1.807, 2.05) is 0 Å². The summed E-state index contributed by atoms with van der Waals surface area (Å²) in [4.78, 5) is 25.9. The topological polar surface area (TPSA) is 64.8 Å². The van der Waals surface area contributed by atoms with Crippen LogP contribution in [0.4, 0.5) is 0 Å². The largest absolute Gasteiger partial charge is 0.358 e. The predicted molar refractivity (Wildman–Crippen MR) is 99.7 cm³/mol. The van der Waals surface area contributed by atoms with Gasteiger partial charge in [0.1, 0.15) is 5.82 Å². The summed E-state index contributed by atoms with van der Waals surface area (Å²) < 4.78 is 0. The molecule has 0 fully saturated rings. The van der Waals surface area contributed by atoms with Crippen molar-refractivity contribution in [3.8, 4) is 0 Å². The van der Waals surface area contributed by atoms with Crippen molar-refractivity contribution in [1.82, 2.24) is 19.9 Å². The van der Waals surface area contributed by atoms with Crippen molar-refractivity contribution in [3.63, 3.8) is 0 Å². The van der Waals surface area contributed by atoms with Crippen LogP contribution >= 0.6 is 0 Å². The lowest BCUT2D eigenvalue weighted by molar-refractivity contribution is 0.242. The number of aromatic nitrogens is 3. The fraction of sp³-hybridized carbons (Fsp3) is 0.400. The average molecular weight is 336 g/mol. The minimum Gasteiger partial charge on any atom is -0.358 e. The molecule has 25 heavy (non-hydrogen) atoms. The number of hydrogen-bond acceptors (Lipinski definition) is 3. The van der Waals surface area contributed by atoms with E-state index in [0.29, 0.717) is 6.54 Å². The number of nitrogens with one attached hydrogen (secondary N) is 2. The van der Waals surface area contributed by atoms with Crippen LogP contribution in [0, 0.1) is 6.92 Å². The lowest BCUT2D eigenvalue weighted by Gasteiger charge is -2.27. The quantitative estimate of drug-likeness (QED) is 0.769. The number of H-pyrrole nitrogens is 2. The van der Waals surface area contributed by atoms with Gasteiger partial charge in [0.2, 0.25) is 0 Å². The molecule has 0 amide bonds. The Hall–Kier alpha value is -2.40. The van der Waals surface area contributed by atoms with E-state index in [1.54, 1.807) is 0 Å². The number of rotatable bonds is 4. The van der Waals surface area contributed by atoms with Gasteiger partial charge in [-0.3, -0.25) is 9.69 Å². The molecule has 3 aromatic rings. The van der Waals surface area contributed by atoms with Crippen LogP contribution in [0.5, 0.6) is 0 Å². The van der Waals surface area contributed by atoms with Gasteiger partial charge in [0.15, 0.2) is 0 Å². The first-order chi connectivity index (χ1) is 12.2. The highest BCUT2D eigenvalue weighted by molar-refractivity contribution is 5.84. The maximum absolute atomic E-state index is 12.5. The second kappa shape index (κ2) is 6.48. The standard InChI is InChI=1S/C20H24N4O/c1-3-6-19-22-18-9-10-24(12-16(18)20(25)23-19)11-15-13(2)21-17-8-5-4-7-14(15)17/h4-5,7-8,21H,3,6,9-12H2,1-2H3,(H,22,23,25). The Bertz CT molecular complexity index is 969. The number of para-hydroxylation sites is 1. The van der Waals surface area contributed by atoms with Crippen molar-refractivity contribution in [2.24, 2.45) is 0 Å². The predicted octanol–water partition coefficient (Wildman–Crippen LogP) is 3.07. The Morgan fingerprint density at radius 3 is 2.92 bits per heavy atom. The highest BCUT2D eigenvalue weighted by Crippen LogP contribution is 2.25. The first-order valence-corrected chi connectivity index (χ1v) is 9.05. The van der Waals surface area contributed by atoms with Crippen LogP contribution in [0.15, 0.2) is 29.1 Å². The fourth-order valence-electron chi connectivity index (χ4n) is 3.78. The van der Waals surface area contributed by atoms with Gasteiger partial charge in [-0.25, -0.2) is 4.98 Å². The SMILES string of the molecule is CCCc1nc2c(c(=O)[nH]1)CN(Cc1c(C)[nH]c3ccccc13)CC2. The van der Waals surface area contributed by atoms with E-state index in [9.17, 15) is 4.79 Å². The van der Waals surface area contributed by atoms with Crippen molar-refractivity contribution >= 4 is 10.9 Å². The van der Waals surface area contributed by atoms with E-state index >= 15 is 0 Å². The normalized spacial score (nSPS) is 14.8. The summed E-state index contributed by atoms with van der Waals surface area (Å²) in [6, 6.07) is 8.41. The fourth-order valence-corrected chi connectivity index (χ4v) is 3.78. The second-order valence-electron chi connectivity index (χ2n) is 6.92. The second-order valence-corrected chi connectivity index (χ2v) is 6.92. The van der Waals surface area contributed by atoms with Crippen LogP contribution in [0.1, 0.15) is 41.7 Å². The van der Waals surface area contributed by atoms with Gasteiger partial charge < -0.3 is 9.97 Å². The summed E-state index contributed by atoms with van der Waals surface area (Å²) >= 11 is 0. The van der Waals surface area contributed by atoms with Crippen molar-refractivity contribution in [2.45, 2.75) is 46.2 Å². The monoisotopic (exact) mass is 336 g/mol. The van der Waals surface area contributed by atoms with Gasteiger partial charge in [0, 0.05) is 49.1 Å². The average Bonchev–Trinajstić information content (AvgIpc) is 2.91. The van der Waals surface area contributed by atoms with Crippen molar-refractivity contribution in [3.05, 3.63) is 63.0 Å². The molecule has 1 aliphatic rings. The third kappa shape index (κ3) is 3.00. The molecule has 4 rings (SSSR count). The van der Waals surface area contributed by atoms with Gasteiger partial charge in [0.05, 0.1) is 11.3 Å². The van der Waals surface area contributed by atoms with Crippen molar-refractivity contribution in [2.75, 3.05) is 6.54 Å². The molecule has 2 N–H and O–H groups in total. The maximum Gasteiger partial charge on any atom is 0.255 e. The zero-order valence-corrected chi connectivity index (χ0v) is 14.9. The first kappa shape index (κ1) is 16.1. The minimum atomic E-state index is 0.0359. The smallest absolute Gasteiger partial charge is 0.255 e. The summed E-state index contributed by atoms with van der Waals surface area (Å²) in [5.74, 6) is 0.826. The van der Waals surface area contributed by atoms with E-state index in [1.165, 1.54) is 22.2 Å². The number of fused-ring (bicyclic) bond motifs is 2. The molecule has 0 saturated heterocycles. The zero-order valence-electron chi connectivity index (χ0n) is 14.9. The molecule has 0 bridgehead atoms. The number of aryl methyl sites for hydroxylation is 2. The molecule has 5 heteroatoms. The minimum absolute atomic E-state index is 0.0359. The van der Waals surface area contributed by atoms with Crippen LogP contribution in [-0.2, 0) is 25.9 Å². The lowest BCUT2D eigenvalue weighted by Crippen LogP contribution is -2.35. The molecule has 1 aromatic carbocycles. The Morgan fingerprint density at radius 2 is 2.08 bits per heavy atom. The summed E-state index contributed by atoms with van der Waals surface area (Å²) in [6.07, 6.45) is 2.67. The lowest BCUT2D eigenvalue weighted by atomic mass is 10.0. The molecule has 0 spiro atoms. The molecular formula is C20H24N4O. The molecule has 0 radical (unpaired) electrons. The summed E-state index contributed by atoms with van der Waals surface area (Å²) in [7, 11) is 0. The summed E-state index contributed by atoms with van der Waals surface area (Å²) in [6.45, 7) is 6.69. The molecule has 2 aromatic heterocycles. The summed E-state index contributed by atoms with van der Waals surface area (Å²) in [5.41, 5.74) is 5.57. The van der Waals surface area contributed by atoms with Crippen molar-refractivity contribution < 1.29 is 0 Å². The zero-order chi connectivity index (χ0) is 17.4. The molecule has 0 atom stereocenters. The highest BCUT2D eigenvalue weighted by Gasteiger charge is 2.22. The maximum atomic E-state index is 12.5. The highest BCUT2D eigenvalue weighted by atomic mass is 16.1.